The lowest BCUT2D eigenvalue weighted by Gasteiger charge is -2.33. The predicted molar refractivity (Wildman–Crippen MR) is 176 cm³/mol. The summed E-state index contributed by atoms with van der Waals surface area (Å²) in [6.45, 7) is 5.02. The minimum Gasteiger partial charge on any atom is -0.492 e. The number of piperidine rings is 1. The van der Waals surface area contributed by atoms with Crippen LogP contribution in [0.1, 0.15) is 68.4 Å². The molecule has 1 saturated heterocycles. The second-order valence-electron chi connectivity index (χ2n) is 13.1. The number of hydrogen-bond donors (Lipinski definition) is 3. The predicted octanol–water partition coefficient (Wildman–Crippen LogP) is 5.26. The number of carbonyl (C=O) groups is 3. The largest absolute Gasteiger partial charge is 0.492 e. The number of aromatic carboxylic acids is 1. The zero-order valence-corrected chi connectivity index (χ0v) is 27.4. The molecule has 3 N–H and O–H groups in total. The van der Waals surface area contributed by atoms with Gasteiger partial charge in [-0.25, -0.2) is 18.4 Å². The number of methoxy groups -OCH3 is 1. The molecule has 11 nitrogen and oxygen atoms in total. The molecule has 2 amide bonds. The van der Waals surface area contributed by atoms with E-state index in [-0.39, 0.29) is 41.3 Å². The monoisotopic (exact) mass is 666 g/mol. The minimum absolute atomic E-state index is 0.00897. The molecule has 0 bridgehead atoms. The lowest BCUT2D eigenvalue weighted by molar-refractivity contribution is -0.123. The van der Waals surface area contributed by atoms with Gasteiger partial charge >= 0.3 is 12.1 Å². The first kappa shape index (κ1) is 34.4. The number of carbonyl (C=O) groups excluding carboxylic acids is 2. The lowest BCUT2D eigenvalue weighted by Crippen LogP contribution is -2.49. The molecule has 1 aromatic heterocycles. The summed E-state index contributed by atoms with van der Waals surface area (Å²) in [6, 6.07) is 8.99. The molecule has 0 spiro atoms. The molecule has 1 atom stereocenters. The van der Waals surface area contributed by atoms with E-state index in [1.807, 2.05) is 30.3 Å². The first-order chi connectivity index (χ1) is 22.8. The van der Waals surface area contributed by atoms with E-state index in [1.165, 1.54) is 13.3 Å². The Morgan fingerprint density at radius 2 is 1.85 bits per heavy atom. The van der Waals surface area contributed by atoms with Crippen molar-refractivity contribution >= 4 is 34.6 Å². The van der Waals surface area contributed by atoms with Crippen molar-refractivity contribution in [1.29, 1.82) is 0 Å². The molecule has 0 unspecified atom stereocenters. The minimum atomic E-state index is -1.40. The van der Waals surface area contributed by atoms with Crippen molar-refractivity contribution in [2.45, 2.75) is 70.6 Å². The number of nitrogens with zero attached hydrogens (tertiary/aromatic N) is 2. The van der Waals surface area contributed by atoms with Crippen molar-refractivity contribution in [2.75, 3.05) is 31.6 Å². The van der Waals surface area contributed by atoms with Gasteiger partial charge in [-0.05, 0) is 63.7 Å². The van der Waals surface area contributed by atoms with Crippen LogP contribution < -0.4 is 25.7 Å². The number of pyridine rings is 1. The van der Waals surface area contributed by atoms with Crippen LogP contribution in [0.2, 0.25) is 0 Å². The summed E-state index contributed by atoms with van der Waals surface area (Å²) >= 11 is 0. The topological polar surface area (TPSA) is 139 Å². The van der Waals surface area contributed by atoms with E-state index < -0.39 is 58.8 Å². The highest BCUT2D eigenvalue weighted by molar-refractivity contribution is 5.97. The van der Waals surface area contributed by atoms with Crippen LogP contribution in [0, 0.1) is 5.82 Å². The van der Waals surface area contributed by atoms with Crippen LogP contribution in [-0.2, 0) is 16.0 Å². The number of ether oxygens (including phenoxy) is 2. The Morgan fingerprint density at radius 3 is 2.48 bits per heavy atom. The Labute approximate surface area is 276 Å². The van der Waals surface area contributed by atoms with E-state index in [2.05, 4.69) is 10.6 Å². The fourth-order valence-electron chi connectivity index (χ4n) is 5.93. The molecule has 5 rings (SSSR count). The third kappa shape index (κ3) is 7.77. The molecule has 2 heterocycles. The summed E-state index contributed by atoms with van der Waals surface area (Å²) in [5.41, 5.74) is -0.589. The summed E-state index contributed by atoms with van der Waals surface area (Å²) in [7, 11) is 1.35. The number of halogens is 2. The molecule has 2 aliphatic rings. The first-order valence-corrected chi connectivity index (χ1v) is 15.9. The molecular weight excluding hydrogens is 626 g/mol. The molecule has 48 heavy (non-hydrogen) atoms. The van der Waals surface area contributed by atoms with E-state index in [4.69, 9.17) is 9.47 Å². The van der Waals surface area contributed by atoms with E-state index in [0.717, 1.165) is 24.5 Å². The number of carboxylic acids is 1. The summed E-state index contributed by atoms with van der Waals surface area (Å²) in [5.74, 6) is -3.33. The summed E-state index contributed by atoms with van der Waals surface area (Å²) in [5, 5.41) is 14.7. The molecule has 1 aliphatic carbocycles. The molecule has 2 aromatic carbocycles. The second-order valence-corrected chi connectivity index (χ2v) is 13.1. The number of aromatic nitrogens is 1. The number of rotatable bonds is 10. The SMILES string of the molecule is COc1c(N2CCC/C(=C(\F)CNC(=O)[C@H](Cc3ccccc3)NC(=O)OC(C)(C)C)C2)c(F)cc2c(=O)c(C(=O)O)cn(C3CC3)c12. The van der Waals surface area contributed by atoms with Gasteiger partial charge in [0.2, 0.25) is 11.3 Å². The molecule has 256 valence electrons. The average molecular weight is 667 g/mol. The normalized spacial score (nSPS) is 16.7. The standard InChI is InChI=1S/C35H40F2N4O7/c1-35(2,3)48-34(46)39-27(15-20-9-6-5-7-10-20)32(43)38-17-26(37)21-11-8-14-40(18-21)29-25(36)16-23-28(31(29)47-4)41(22-12-13-22)19-24(30(23)42)33(44)45/h5-7,9-10,16,19,22,27H,8,11-15,17-18H2,1-4H3,(H,38,43)(H,39,46)(H,44,45)/b26-21+/t27-/m0/s1. The van der Waals surface area contributed by atoms with Gasteiger partial charge in [0.15, 0.2) is 11.6 Å². The number of amides is 2. The molecule has 1 saturated carbocycles. The van der Waals surface area contributed by atoms with Crippen LogP contribution in [0.15, 0.2) is 58.8 Å². The third-order valence-corrected chi connectivity index (χ3v) is 8.27. The highest BCUT2D eigenvalue weighted by Crippen LogP contribution is 2.44. The maximum absolute atomic E-state index is 15.8. The first-order valence-electron chi connectivity index (χ1n) is 15.9. The zero-order valence-electron chi connectivity index (χ0n) is 27.4. The van der Waals surface area contributed by atoms with E-state index >= 15 is 8.78 Å². The van der Waals surface area contributed by atoms with Crippen molar-refractivity contribution in [2.24, 2.45) is 0 Å². The molecule has 1 aliphatic heterocycles. The number of hydrogen-bond acceptors (Lipinski definition) is 7. The van der Waals surface area contributed by atoms with Crippen LogP contribution in [0.25, 0.3) is 10.9 Å². The number of nitrogens with one attached hydrogen (secondary N) is 2. The Morgan fingerprint density at radius 1 is 1.15 bits per heavy atom. The van der Waals surface area contributed by atoms with Crippen LogP contribution >= 0.6 is 0 Å². The van der Waals surface area contributed by atoms with Gasteiger partial charge in [-0.3, -0.25) is 9.59 Å². The molecule has 3 aromatic rings. The fourth-order valence-corrected chi connectivity index (χ4v) is 5.93. The zero-order chi connectivity index (χ0) is 34.7. The van der Waals surface area contributed by atoms with Crippen molar-refractivity contribution in [3.8, 4) is 5.75 Å². The van der Waals surface area contributed by atoms with Gasteiger partial charge in [-0.1, -0.05) is 30.3 Å². The molecular formula is C35H40F2N4O7. The van der Waals surface area contributed by atoms with E-state index in [1.54, 1.807) is 30.2 Å². The summed E-state index contributed by atoms with van der Waals surface area (Å²) in [6.07, 6.45) is 3.02. The summed E-state index contributed by atoms with van der Waals surface area (Å²) in [4.78, 5) is 52.2. The van der Waals surface area contributed by atoms with Crippen LogP contribution in [0.3, 0.4) is 0 Å². The van der Waals surface area contributed by atoms with Crippen LogP contribution in [0.4, 0.5) is 19.3 Å². The van der Waals surface area contributed by atoms with Crippen LogP contribution in [-0.4, -0.2) is 66.0 Å². The Bertz CT molecular complexity index is 1810. The number of benzene rings is 2. The third-order valence-electron chi connectivity index (χ3n) is 8.27. The van der Waals surface area contributed by atoms with Gasteiger partial charge in [-0.15, -0.1) is 0 Å². The highest BCUT2D eigenvalue weighted by atomic mass is 19.1. The lowest BCUT2D eigenvalue weighted by atomic mass is 10.0. The Kier molecular flexibility index (Phi) is 10.1. The van der Waals surface area contributed by atoms with Gasteiger partial charge in [0.05, 0.1) is 24.6 Å². The second kappa shape index (κ2) is 14.0. The smallest absolute Gasteiger partial charge is 0.408 e. The average Bonchev–Trinajstić information content (AvgIpc) is 3.88. The van der Waals surface area contributed by atoms with Gasteiger partial charge in [-0.2, -0.15) is 0 Å². The van der Waals surface area contributed by atoms with Gasteiger partial charge in [0.1, 0.15) is 28.7 Å². The van der Waals surface area contributed by atoms with Crippen molar-refractivity contribution in [1.82, 2.24) is 15.2 Å². The van der Waals surface area contributed by atoms with Crippen molar-refractivity contribution in [3.05, 3.63) is 81.2 Å². The fraction of sp³-hybridized carbons (Fsp3) is 0.429. The van der Waals surface area contributed by atoms with Gasteiger partial charge in [0.25, 0.3) is 0 Å². The quantitative estimate of drug-likeness (QED) is 0.267. The molecule has 0 radical (unpaired) electrons. The maximum atomic E-state index is 15.8. The number of alkyl carbamates (subject to hydrolysis) is 1. The van der Waals surface area contributed by atoms with Crippen molar-refractivity contribution in [3.63, 3.8) is 0 Å². The maximum Gasteiger partial charge on any atom is 0.408 e. The Balaban J connectivity index is 1.38. The molecule has 2 fully saturated rings. The van der Waals surface area contributed by atoms with Crippen LogP contribution in [0.5, 0.6) is 5.75 Å². The summed E-state index contributed by atoms with van der Waals surface area (Å²) < 4.78 is 44.2. The van der Waals surface area contributed by atoms with Gasteiger partial charge in [0, 0.05) is 31.7 Å². The number of carboxylic acid groups (broad SMARTS) is 1. The van der Waals surface area contributed by atoms with E-state index in [0.29, 0.717) is 25.0 Å². The Hall–Kier alpha value is -4.94. The number of anilines is 1. The van der Waals surface area contributed by atoms with Crippen molar-refractivity contribution < 1.29 is 37.7 Å². The van der Waals surface area contributed by atoms with E-state index in [9.17, 15) is 24.3 Å². The highest BCUT2D eigenvalue weighted by Gasteiger charge is 2.32. The van der Waals surface area contributed by atoms with Gasteiger partial charge < -0.3 is 34.7 Å². The number of fused-ring (bicyclic) bond motifs is 1. The molecule has 13 heteroatoms.